The van der Waals surface area contributed by atoms with Gasteiger partial charge in [-0.15, -0.1) is 0 Å². The standard InChI is InChI=1S/C20H21ClN4O/c1-12-17(24-10-20(11-24)8-23-9-20)6-22-7-18(12)25-13(2)16-5-14(21)3-4-15(16)19(25)26/h3-7,13,23H,8-11H2,1-2H3. The lowest BCUT2D eigenvalue weighted by molar-refractivity contribution is 0.0992. The van der Waals surface area contributed by atoms with E-state index >= 15 is 0 Å². The van der Waals surface area contributed by atoms with Crippen molar-refractivity contribution in [3.05, 3.63) is 52.3 Å². The molecule has 1 spiro atoms. The average Bonchev–Trinajstić information content (AvgIpc) is 2.77. The van der Waals surface area contributed by atoms with E-state index in [1.807, 2.05) is 30.2 Å². The van der Waals surface area contributed by atoms with E-state index in [-0.39, 0.29) is 11.9 Å². The second-order valence-electron chi connectivity index (χ2n) is 7.85. The van der Waals surface area contributed by atoms with E-state index in [0.29, 0.717) is 10.4 Å². The van der Waals surface area contributed by atoms with Crippen molar-refractivity contribution in [1.29, 1.82) is 0 Å². The minimum Gasteiger partial charge on any atom is -0.369 e. The first kappa shape index (κ1) is 16.1. The van der Waals surface area contributed by atoms with Gasteiger partial charge < -0.3 is 10.2 Å². The van der Waals surface area contributed by atoms with Crippen LogP contribution in [0.5, 0.6) is 0 Å². The van der Waals surface area contributed by atoms with Crippen LogP contribution in [-0.4, -0.2) is 37.1 Å². The minimum atomic E-state index is -0.0504. The molecule has 1 N–H and O–H groups in total. The summed E-state index contributed by atoms with van der Waals surface area (Å²) in [5.74, 6) is 0.0227. The van der Waals surface area contributed by atoms with Crippen LogP contribution in [-0.2, 0) is 0 Å². The monoisotopic (exact) mass is 368 g/mol. The smallest absolute Gasteiger partial charge is 0.259 e. The van der Waals surface area contributed by atoms with Crippen LogP contribution in [0, 0.1) is 12.3 Å². The van der Waals surface area contributed by atoms with Crippen LogP contribution < -0.4 is 15.1 Å². The third-order valence-corrected chi connectivity index (χ3v) is 6.35. The Labute approximate surface area is 158 Å². The normalized spacial score (nSPS) is 23.0. The summed E-state index contributed by atoms with van der Waals surface area (Å²) >= 11 is 6.15. The maximum Gasteiger partial charge on any atom is 0.259 e. The van der Waals surface area contributed by atoms with E-state index in [4.69, 9.17) is 11.6 Å². The Kier molecular flexibility index (Phi) is 3.37. The Morgan fingerprint density at radius 2 is 1.96 bits per heavy atom. The largest absolute Gasteiger partial charge is 0.369 e. The highest BCUT2D eigenvalue weighted by molar-refractivity contribution is 6.31. The molecule has 1 unspecified atom stereocenters. The third kappa shape index (κ3) is 2.14. The second kappa shape index (κ2) is 5.44. The number of hydrogen-bond acceptors (Lipinski definition) is 4. The van der Waals surface area contributed by atoms with Gasteiger partial charge in [0.05, 0.1) is 29.8 Å². The van der Waals surface area contributed by atoms with Gasteiger partial charge in [0.15, 0.2) is 0 Å². The number of carbonyl (C=O) groups excluding carboxylic acids is 1. The van der Waals surface area contributed by atoms with Gasteiger partial charge in [-0.05, 0) is 43.2 Å². The first-order valence-electron chi connectivity index (χ1n) is 9.02. The molecular weight excluding hydrogens is 348 g/mol. The molecule has 2 saturated heterocycles. The van der Waals surface area contributed by atoms with Crippen molar-refractivity contribution >= 4 is 28.9 Å². The molecule has 26 heavy (non-hydrogen) atoms. The van der Waals surface area contributed by atoms with Crippen LogP contribution in [0.4, 0.5) is 11.4 Å². The summed E-state index contributed by atoms with van der Waals surface area (Å²) in [6, 6.07) is 5.45. The zero-order valence-electron chi connectivity index (χ0n) is 14.9. The number of carbonyl (C=O) groups is 1. The summed E-state index contributed by atoms with van der Waals surface area (Å²) in [7, 11) is 0. The van der Waals surface area contributed by atoms with Crippen molar-refractivity contribution < 1.29 is 4.79 Å². The number of amides is 1. The Morgan fingerprint density at radius 1 is 1.23 bits per heavy atom. The molecule has 5 rings (SSSR count). The van der Waals surface area contributed by atoms with Gasteiger partial charge in [-0.3, -0.25) is 14.7 Å². The van der Waals surface area contributed by atoms with Gasteiger partial charge in [-0.25, -0.2) is 0 Å². The predicted octanol–water partition coefficient (Wildman–Crippen LogP) is 3.17. The van der Waals surface area contributed by atoms with Gasteiger partial charge in [0.25, 0.3) is 5.91 Å². The number of nitrogens with one attached hydrogen (secondary N) is 1. The fourth-order valence-electron chi connectivity index (χ4n) is 4.54. The zero-order valence-corrected chi connectivity index (χ0v) is 15.7. The van der Waals surface area contributed by atoms with Crippen molar-refractivity contribution in [3.63, 3.8) is 0 Å². The molecule has 1 aromatic carbocycles. The van der Waals surface area contributed by atoms with Crippen molar-refractivity contribution in [1.82, 2.24) is 10.3 Å². The maximum absolute atomic E-state index is 13.0. The number of aromatic nitrogens is 1. The summed E-state index contributed by atoms with van der Waals surface area (Å²) < 4.78 is 0. The van der Waals surface area contributed by atoms with Crippen molar-refractivity contribution in [3.8, 4) is 0 Å². The molecule has 134 valence electrons. The highest BCUT2D eigenvalue weighted by Crippen LogP contribution is 2.43. The lowest BCUT2D eigenvalue weighted by Crippen LogP contribution is -2.71. The van der Waals surface area contributed by atoms with Gasteiger partial charge >= 0.3 is 0 Å². The molecule has 2 aromatic rings. The van der Waals surface area contributed by atoms with Gasteiger partial charge in [0, 0.05) is 42.2 Å². The number of hydrogen-bond donors (Lipinski definition) is 1. The summed E-state index contributed by atoms with van der Waals surface area (Å²) in [6.07, 6.45) is 3.73. The molecule has 1 atom stereocenters. The van der Waals surface area contributed by atoms with Crippen molar-refractivity contribution in [2.24, 2.45) is 5.41 Å². The van der Waals surface area contributed by atoms with E-state index < -0.39 is 0 Å². The fraction of sp³-hybridized carbons (Fsp3) is 0.400. The van der Waals surface area contributed by atoms with E-state index in [9.17, 15) is 4.79 Å². The van der Waals surface area contributed by atoms with Crippen LogP contribution in [0.15, 0.2) is 30.6 Å². The number of rotatable bonds is 2. The molecular formula is C20H21ClN4O. The topological polar surface area (TPSA) is 48.5 Å². The molecule has 0 radical (unpaired) electrons. The van der Waals surface area contributed by atoms with Gasteiger partial charge in [0.1, 0.15) is 0 Å². The van der Waals surface area contributed by atoms with Crippen LogP contribution >= 0.6 is 11.6 Å². The SMILES string of the molecule is Cc1c(N2CC3(CNC3)C2)cncc1N1C(=O)c2ccc(Cl)cc2C1C. The number of halogens is 1. The Balaban J connectivity index is 1.49. The number of benzene rings is 1. The van der Waals surface area contributed by atoms with E-state index in [0.717, 1.165) is 54.2 Å². The summed E-state index contributed by atoms with van der Waals surface area (Å²) in [6.45, 7) is 8.47. The average molecular weight is 369 g/mol. The number of nitrogens with zero attached hydrogens (tertiary/aromatic N) is 3. The van der Waals surface area contributed by atoms with E-state index in [1.165, 1.54) is 0 Å². The van der Waals surface area contributed by atoms with E-state index in [1.54, 1.807) is 12.3 Å². The molecule has 5 nitrogen and oxygen atoms in total. The zero-order chi connectivity index (χ0) is 18.1. The van der Waals surface area contributed by atoms with Crippen LogP contribution in [0.1, 0.15) is 34.5 Å². The van der Waals surface area contributed by atoms with Crippen molar-refractivity contribution in [2.45, 2.75) is 19.9 Å². The first-order chi connectivity index (χ1) is 12.5. The molecule has 2 fully saturated rings. The highest BCUT2D eigenvalue weighted by atomic mass is 35.5. The Hall–Kier alpha value is -2.11. The molecule has 1 aromatic heterocycles. The van der Waals surface area contributed by atoms with Crippen LogP contribution in [0.3, 0.4) is 0 Å². The van der Waals surface area contributed by atoms with Gasteiger partial charge in [-0.2, -0.15) is 0 Å². The van der Waals surface area contributed by atoms with E-state index in [2.05, 4.69) is 22.1 Å². The van der Waals surface area contributed by atoms with Crippen molar-refractivity contribution in [2.75, 3.05) is 36.0 Å². The van der Waals surface area contributed by atoms with Crippen LogP contribution in [0.25, 0.3) is 0 Å². The quantitative estimate of drug-likeness (QED) is 0.884. The van der Waals surface area contributed by atoms with Gasteiger partial charge in [0.2, 0.25) is 0 Å². The first-order valence-corrected chi connectivity index (χ1v) is 9.40. The third-order valence-electron chi connectivity index (χ3n) is 6.12. The molecule has 4 heterocycles. The summed E-state index contributed by atoms with van der Waals surface area (Å²) in [5.41, 5.74) is 5.30. The number of anilines is 2. The molecule has 0 aliphatic carbocycles. The Morgan fingerprint density at radius 3 is 2.65 bits per heavy atom. The summed E-state index contributed by atoms with van der Waals surface area (Å²) in [4.78, 5) is 21.7. The Bertz CT molecular complexity index is 916. The van der Waals surface area contributed by atoms with Crippen LogP contribution in [0.2, 0.25) is 5.02 Å². The molecule has 6 heteroatoms. The number of fused-ring (bicyclic) bond motifs is 1. The molecule has 1 amide bonds. The maximum atomic E-state index is 13.0. The summed E-state index contributed by atoms with van der Waals surface area (Å²) in [5, 5.41) is 4.03. The predicted molar refractivity (Wildman–Crippen MR) is 103 cm³/mol. The molecule has 3 aliphatic rings. The molecule has 0 saturated carbocycles. The second-order valence-corrected chi connectivity index (χ2v) is 8.28. The fourth-order valence-corrected chi connectivity index (χ4v) is 4.72. The lowest BCUT2D eigenvalue weighted by Gasteiger charge is -2.57. The molecule has 3 aliphatic heterocycles. The minimum absolute atomic E-state index is 0.0227. The van der Waals surface area contributed by atoms with Gasteiger partial charge in [-0.1, -0.05) is 11.6 Å². The number of pyridine rings is 1. The molecule has 0 bridgehead atoms. The highest BCUT2D eigenvalue weighted by Gasteiger charge is 2.48. The lowest BCUT2D eigenvalue weighted by atomic mass is 9.74.